The van der Waals surface area contributed by atoms with Crippen molar-refractivity contribution in [1.82, 2.24) is 14.3 Å². The van der Waals surface area contributed by atoms with Gasteiger partial charge in [0.15, 0.2) is 11.5 Å². The molecule has 4 heterocycles. The highest BCUT2D eigenvalue weighted by molar-refractivity contribution is 7.89. The Morgan fingerprint density at radius 3 is 2.71 bits per heavy atom. The molecule has 35 heavy (non-hydrogen) atoms. The maximum Gasteiger partial charge on any atom is 0.243 e. The summed E-state index contributed by atoms with van der Waals surface area (Å²) in [5.41, 5.74) is 3.72. The van der Waals surface area contributed by atoms with Gasteiger partial charge in [0.1, 0.15) is 5.82 Å². The second kappa shape index (κ2) is 8.83. The van der Waals surface area contributed by atoms with Crippen LogP contribution in [0.25, 0.3) is 10.9 Å². The molecule has 0 saturated carbocycles. The second-order valence-corrected chi connectivity index (χ2v) is 10.5. The van der Waals surface area contributed by atoms with Gasteiger partial charge in [-0.1, -0.05) is 18.2 Å². The van der Waals surface area contributed by atoms with Crippen molar-refractivity contribution in [3.63, 3.8) is 0 Å². The SMILES string of the molecule is O=S(=O)(c1ccc2c(c1)OCCCO2)N1CCc2c(ccnc2Nc2cnc3ccccc3c2)C1. The van der Waals surface area contributed by atoms with E-state index >= 15 is 0 Å². The topological polar surface area (TPSA) is 93.7 Å². The molecule has 0 aliphatic carbocycles. The number of benzene rings is 2. The van der Waals surface area contributed by atoms with Gasteiger partial charge in [-0.3, -0.25) is 4.98 Å². The monoisotopic (exact) mass is 488 g/mol. The standard InChI is InChI=1S/C26H24N4O4S/c31-35(32,21-6-7-24-25(15-21)34-13-3-12-33-24)30-11-9-22-19(17-30)8-10-27-26(22)29-20-14-18-4-1-2-5-23(18)28-16-20/h1-2,4-8,10,14-16H,3,9,11-13,17H2,(H,27,29). The fourth-order valence-electron chi connectivity index (χ4n) is 4.51. The number of sulfonamides is 1. The largest absolute Gasteiger partial charge is 0.490 e. The maximum atomic E-state index is 13.5. The molecular formula is C26H24N4O4S. The van der Waals surface area contributed by atoms with Gasteiger partial charge < -0.3 is 14.8 Å². The van der Waals surface area contributed by atoms with Crippen LogP contribution in [0.4, 0.5) is 11.5 Å². The van der Waals surface area contributed by atoms with Gasteiger partial charge in [-0.25, -0.2) is 13.4 Å². The highest BCUT2D eigenvalue weighted by atomic mass is 32.2. The molecule has 178 valence electrons. The van der Waals surface area contributed by atoms with Crippen LogP contribution in [0.1, 0.15) is 17.5 Å². The zero-order chi connectivity index (χ0) is 23.8. The molecule has 9 heteroatoms. The molecule has 0 bridgehead atoms. The summed E-state index contributed by atoms with van der Waals surface area (Å²) in [6.45, 7) is 1.70. The van der Waals surface area contributed by atoms with Crippen molar-refractivity contribution in [3.05, 3.63) is 78.1 Å². The lowest BCUT2D eigenvalue weighted by Gasteiger charge is -2.29. The van der Waals surface area contributed by atoms with E-state index in [4.69, 9.17) is 9.47 Å². The average molecular weight is 489 g/mol. The van der Waals surface area contributed by atoms with E-state index in [1.165, 1.54) is 4.31 Å². The molecule has 0 unspecified atom stereocenters. The molecule has 8 nitrogen and oxygen atoms in total. The minimum Gasteiger partial charge on any atom is -0.490 e. The first kappa shape index (κ1) is 21.8. The quantitative estimate of drug-likeness (QED) is 0.458. The number of pyridine rings is 2. The van der Waals surface area contributed by atoms with Crippen LogP contribution >= 0.6 is 0 Å². The van der Waals surface area contributed by atoms with Gasteiger partial charge in [-0.15, -0.1) is 0 Å². The summed E-state index contributed by atoms with van der Waals surface area (Å²) >= 11 is 0. The number of anilines is 2. The van der Waals surface area contributed by atoms with Gasteiger partial charge in [-0.2, -0.15) is 4.31 Å². The van der Waals surface area contributed by atoms with E-state index in [1.54, 1.807) is 30.6 Å². The van der Waals surface area contributed by atoms with Crippen molar-refractivity contribution in [2.24, 2.45) is 0 Å². The molecule has 2 aromatic carbocycles. The third kappa shape index (κ3) is 4.17. The highest BCUT2D eigenvalue weighted by Gasteiger charge is 2.30. The predicted molar refractivity (Wildman–Crippen MR) is 133 cm³/mol. The van der Waals surface area contributed by atoms with Crippen LogP contribution in [0.15, 0.2) is 71.9 Å². The van der Waals surface area contributed by atoms with Gasteiger partial charge >= 0.3 is 0 Å². The summed E-state index contributed by atoms with van der Waals surface area (Å²) in [6, 6.07) is 16.7. The van der Waals surface area contributed by atoms with Crippen LogP contribution in [0.3, 0.4) is 0 Å². The van der Waals surface area contributed by atoms with E-state index in [0.717, 1.165) is 40.0 Å². The second-order valence-electron chi connectivity index (χ2n) is 8.59. The summed E-state index contributed by atoms with van der Waals surface area (Å²) < 4.78 is 39.8. The molecule has 4 aromatic rings. The summed E-state index contributed by atoms with van der Waals surface area (Å²) in [6.07, 6.45) is 4.81. The van der Waals surface area contributed by atoms with Gasteiger partial charge in [0.2, 0.25) is 10.0 Å². The highest BCUT2D eigenvalue weighted by Crippen LogP contribution is 2.35. The van der Waals surface area contributed by atoms with Crippen molar-refractivity contribution in [2.75, 3.05) is 25.1 Å². The van der Waals surface area contributed by atoms with Gasteiger partial charge in [0, 0.05) is 42.7 Å². The van der Waals surface area contributed by atoms with Gasteiger partial charge in [0.25, 0.3) is 0 Å². The van der Waals surface area contributed by atoms with Crippen molar-refractivity contribution in [2.45, 2.75) is 24.3 Å². The fourth-order valence-corrected chi connectivity index (χ4v) is 5.94. The number of ether oxygens (including phenoxy) is 2. The van der Waals surface area contributed by atoms with Crippen LogP contribution in [0.2, 0.25) is 0 Å². The Bertz CT molecular complexity index is 1520. The molecule has 1 N–H and O–H groups in total. The Labute approximate surface area is 203 Å². The molecule has 0 atom stereocenters. The fraction of sp³-hybridized carbons (Fsp3) is 0.231. The third-order valence-corrected chi connectivity index (χ3v) is 8.16. The van der Waals surface area contributed by atoms with Crippen LogP contribution in [0, 0.1) is 0 Å². The lowest BCUT2D eigenvalue weighted by atomic mass is 10.0. The number of para-hydroxylation sites is 1. The molecule has 0 spiro atoms. The van der Waals surface area contributed by atoms with E-state index in [-0.39, 0.29) is 11.4 Å². The Morgan fingerprint density at radius 2 is 1.80 bits per heavy atom. The van der Waals surface area contributed by atoms with E-state index in [9.17, 15) is 8.42 Å². The Hall–Kier alpha value is -3.69. The van der Waals surface area contributed by atoms with E-state index in [2.05, 4.69) is 15.3 Å². The number of hydrogen-bond donors (Lipinski definition) is 1. The summed E-state index contributed by atoms with van der Waals surface area (Å²) in [5.74, 6) is 1.78. The van der Waals surface area contributed by atoms with Gasteiger partial charge in [-0.05, 0) is 42.3 Å². The first-order chi connectivity index (χ1) is 17.1. The summed E-state index contributed by atoms with van der Waals surface area (Å²) in [5, 5.41) is 4.41. The molecule has 6 rings (SSSR count). The molecule has 0 saturated heterocycles. The van der Waals surface area contributed by atoms with Crippen molar-refractivity contribution in [3.8, 4) is 11.5 Å². The van der Waals surface area contributed by atoms with Crippen LogP contribution in [-0.2, 0) is 23.0 Å². The number of nitrogens with one attached hydrogen (secondary N) is 1. The third-order valence-electron chi connectivity index (χ3n) is 6.32. The molecule has 2 aliphatic heterocycles. The number of hydrogen-bond acceptors (Lipinski definition) is 7. The molecule has 0 fully saturated rings. The zero-order valence-electron chi connectivity index (χ0n) is 19.0. The summed E-state index contributed by atoms with van der Waals surface area (Å²) in [4.78, 5) is 9.25. The lowest BCUT2D eigenvalue weighted by molar-refractivity contribution is 0.296. The minimum absolute atomic E-state index is 0.208. The van der Waals surface area contributed by atoms with E-state index in [1.807, 2.05) is 36.4 Å². The zero-order valence-corrected chi connectivity index (χ0v) is 19.8. The maximum absolute atomic E-state index is 13.5. The average Bonchev–Trinajstić information content (AvgIpc) is 3.13. The first-order valence-corrected chi connectivity index (χ1v) is 13.0. The summed E-state index contributed by atoms with van der Waals surface area (Å²) in [7, 11) is -3.70. The van der Waals surface area contributed by atoms with E-state index in [0.29, 0.717) is 37.7 Å². The van der Waals surface area contributed by atoms with Crippen molar-refractivity contribution >= 4 is 32.4 Å². The Morgan fingerprint density at radius 1 is 0.943 bits per heavy atom. The molecule has 0 radical (unpaired) electrons. The van der Waals surface area contributed by atoms with Crippen molar-refractivity contribution < 1.29 is 17.9 Å². The van der Waals surface area contributed by atoms with Crippen LogP contribution < -0.4 is 14.8 Å². The van der Waals surface area contributed by atoms with Crippen molar-refractivity contribution in [1.29, 1.82) is 0 Å². The Balaban J connectivity index is 1.25. The van der Waals surface area contributed by atoms with Crippen LogP contribution in [-0.4, -0.2) is 42.4 Å². The minimum atomic E-state index is -3.70. The molecule has 0 amide bonds. The molecular weight excluding hydrogens is 464 g/mol. The van der Waals surface area contributed by atoms with E-state index < -0.39 is 10.0 Å². The normalized spacial score (nSPS) is 15.9. The molecule has 2 aromatic heterocycles. The number of aromatic nitrogens is 2. The number of fused-ring (bicyclic) bond motifs is 3. The molecule has 2 aliphatic rings. The number of rotatable bonds is 4. The Kier molecular flexibility index (Phi) is 5.50. The predicted octanol–water partition coefficient (Wildman–Crippen LogP) is 4.28. The number of nitrogens with zero attached hydrogens (tertiary/aromatic N) is 3. The lowest BCUT2D eigenvalue weighted by Crippen LogP contribution is -2.36. The first-order valence-electron chi connectivity index (χ1n) is 11.6. The smallest absolute Gasteiger partial charge is 0.243 e. The van der Waals surface area contributed by atoms with Gasteiger partial charge in [0.05, 0.1) is 35.5 Å². The van der Waals surface area contributed by atoms with Crippen LogP contribution in [0.5, 0.6) is 11.5 Å².